The molecule has 2 rings (SSSR count). The van der Waals surface area contributed by atoms with Gasteiger partial charge in [-0.25, -0.2) is 9.59 Å². The van der Waals surface area contributed by atoms with Crippen LogP contribution in [0.5, 0.6) is 0 Å². The summed E-state index contributed by atoms with van der Waals surface area (Å²) in [5.74, 6) is 0.248. The van der Waals surface area contributed by atoms with E-state index in [1.165, 1.54) is 4.90 Å². The summed E-state index contributed by atoms with van der Waals surface area (Å²) in [6.45, 7) is 0.796. The van der Waals surface area contributed by atoms with Crippen molar-refractivity contribution in [3.63, 3.8) is 0 Å². The number of thioether (sulfide) groups is 1. The molecular weight excluding hydrogens is 256 g/mol. The number of carbonyl (C=O) groups excluding carboxylic acids is 1. The summed E-state index contributed by atoms with van der Waals surface area (Å²) < 4.78 is 0. The van der Waals surface area contributed by atoms with Gasteiger partial charge in [-0.1, -0.05) is 0 Å². The lowest BCUT2D eigenvalue weighted by Crippen LogP contribution is -2.53. The van der Waals surface area contributed by atoms with Gasteiger partial charge in [-0.15, -0.1) is 0 Å². The van der Waals surface area contributed by atoms with Crippen LogP contribution in [0.3, 0.4) is 0 Å². The Morgan fingerprint density at radius 2 is 2.50 bits per heavy atom. The van der Waals surface area contributed by atoms with Gasteiger partial charge in [0.05, 0.1) is 6.20 Å². The van der Waals surface area contributed by atoms with E-state index in [0.717, 1.165) is 11.3 Å². The second-order valence-electron chi connectivity index (χ2n) is 3.89. The monoisotopic (exact) mass is 270 g/mol. The van der Waals surface area contributed by atoms with Gasteiger partial charge in [0.1, 0.15) is 6.04 Å². The fourth-order valence-electron chi connectivity index (χ4n) is 1.70. The molecule has 0 aromatic carbocycles. The fraction of sp³-hybridized carbons (Fsp3) is 0.500. The Morgan fingerprint density at radius 1 is 1.67 bits per heavy atom. The lowest BCUT2D eigenvalue weighted by molar-refractivity contribution is -0.141. The molecule has 0 radical (unpaired) electrons. The summed E-state index contributed by atoms with van der Waals surface area (Å²) in [4.78, 5) is 24.3. The standard InChI is InChI=1S/C10H14N4O3S/c15-9(16)8-6-18-2-1-14(8)10(17)11-3-7-4-12-13-5-7/h4-5,8H,1-3,6H2,(H,11,17)(H,12,13)(H,15,16). The summed E-state index contributed by atoms with van der Waals surface area (Å²) in [6, 6.07) is -1.09. The third-order valence-electron chi connectivity index (χ3n) is 2.67. The summed E-state index contributed by atoms with van der Waals surface area (Å²) in [6.07, 6.45) is 3.29. The summed E-state index contributed by atoms with van der Waals surface area (Å²) in [5, 5.41) is 18.2. The minimum Gasteiger partial charge on any atom is -0.480 e. The largest absolute Gasteiger partial charge is 0.480 e. The highest BCUT2D eigenvalue weighted by Crippen LogP contribution is 2.16. The predicted octanol–water partition coefficient (Wildman–Crippen LogP) is 0.121. The van der Waals surface area contributed by atoms with Gasteiger partial charge in [0.25, 0.3) is 0 Å². The maximum Gasteiger partial charge on any atom is 0.327 e. The molecule has 1 aliphatic heterocycles. The van der Waals surface area contributed by atoms with Crippen molar-refractivity contribution in [2.45, 2.75) is 12.6 Å². The highest BCUT2D eigenvalue weighted by molar-refractivity contribution is 7.99. The van der Waals surface area contributed by atoms with Crippen LogP contribution >= 0.6 is 11.8 Å². The number of amides is 2. The normalized spacial score (nSPS) is 19.6. The number of aromatic amines is 1. The molecule has 1 aromatic heterocycles. The number of urea groups is 1. The van der Waals surface area contributed by atoms with Crippen molar-refractivity contribution in [3.05, 3.63) is 18.0 Å². The smallest absolute Gasteiger partial charge is 0.327 e. The van der Waals surface area contributed by atoms with Crippen molar-refractivity contribution in [2.75, 3.05) is 18.1 Å². The van der Waals surface area contributed by atoms with Crippen molar-refractivity contribution in [1.82, 2.24) is 20.4 Å². The average Bonchev–Trinajstić information content (AvgIpc) is 2.89. The number of carboxylic acid groups (broad SMARTS) is 1. The molecule has 0 spiro atoms. The van der Waals surface area contributed by atoms with Gasteiger partial charge in [-0.2, -0.15) is 16.9 Å². The van der Waals surface area contributed by atoms with Gasteiger partial charge in [0, 0.05) is 36.4 Å². The number of aliphatic carboxylic acids is 1. The number of carbonyl (C=O) groups is 2. The summed E-state index contributed by atoms with van der Waals surface area (Å²) >= 11 is 1.55. The van der Waals surface area contributed by atoms with Crippen molar-refractivity contribution in [1.29, 1.82) is 0 Å². The molecule has 18 heavy (non-hydrogen) atoms. The third-order valence-corrected chi connectivity index (χ3v) is 3.70. The number of rotatable bonds is 3. The Hall–Kier alpha value is -1.70. The zero-order valence-corrected chi connectivity index (χ0v) is 10.4. The van der Waals surface area contributed by atoms with E-state index in [9.17, 15) is 9.59 Å². The van der Waals surface area contributed by atoms with E-state index in [1.807, 2.05) is 0 Å². The Balaban J connectivity index is 1.92. The van der Waals surface area contributed by atoms with Crippen LogP contribution in [0.25, 0.3) is 0 Å². The molecule has 3 N–H and O–H groups in total. The highest BCUT2D eigenvalue weighted by Gasteiger charge is 2.32. The fourth-order valence-corrected chi connectivity index (χ4v) is 2.74. The van der Waals surface area contributed by atoms with E-state index in [4.69, 9.17) is 5.11 Å². The topological polar surface area (TPSA) is 98.3 Å². The van der Waals surface area contributed by atoms with Crippen molar-refractivity contribution >= 4 is 23.8 Å². The second-order valence-corrected chi connectivity index (χ2v) is 5.04. The van der Waals surface area contributed by atoms with Crippen LogP contribution in [-0.4, -0.2) is 56.3 Å². The van der Waals surface area contributed by atoms with Crippen LogP contribution in [0.2, 0.25) is 0 Å². The molecule has 8 heteroatoms. The molecule has 98 valence electrons. The molecule has 0 saturated carbocycles. The first-order valence-corrected chi connectivity index (χ1v) is 6.66. The molecule has 1 unspecified atom stereocenters. The Kier molecular flexibility index (Phi) is 4.08. The molecule has 1 atom stereocenters. The van der Waals surface area contributed by atoms with Gasteiger partial charge in [-0.05, 0) is 0 Å². The lowest BCUT2D eigenvalue weighted by Gasteiger charge is -2.32. The Labute approximate surface area is 108 Å². The molecule has 1 aliphatic rings. The van der Waals surface area contributed by atoms with Gasteiger partial charge in [0.2, 0.25) is 0 Å². The van der Waals surface area contributed by atoms with E-state index in [1.54, 1.807) is 24.2 Å². The van der Waals surface area contributed by atoms with Crippen LogP contribution in [0.4, 0.5) is 4.79 Å². The van der Waals surface area contributed by atoms with Crippen LogP contribution < -0.4 is 5.32 Å². The van der Waals surface area contributed by atoms with E-state index in [0.29, 0.717) is 18.8 Å². The first-order chi connectivity index (χ1) is 8.68. The average molecular weight is 270 g/mol. The molecule has 7 nitrogen and oxygen atoms in total. The zero-order valence-electron chi connectivity index (χ0n) is 9.63. The molecule has 0 aliphatic carbocycles. The molecule has 2 amide bonds. The Morgan fingerprint density at radius 3 is 3.17 bits per heavy atom. The third kappa shape index (κ3) is 2.95. The van der Waals surface area contributed by atoms with Crippen LogP contribution in [0.1, 0.15) is 5.56 Å². The number of nitrogens with one attached hydrogen (secondary N) is 2. The molecule has 0 bridgehead atoms. The highest BCUT2D eigenvalue weighted by atomic mass is 32.2. The van der Waals surface area contributed by atoms with Gasteiger partial charge < -0.3 is 15.3 Å². The molecule has 1 saturated heterocycles. The minimum absolute atomic E-state index is 0.339. The SMILES string of the molecule is O=C(O)C1CSCCN1C(=O)NCc1cn[nH]c1. The van der Waals surface area contributed by atoms with Crippen LogP contribution in [0, 0.1) is 0 Å². The lowest BCUT2D eigenvalue weighted by atomic mass is 10.3. The number of H-pyrrole nitrogens is 1. The number of carboxylic acids is 1. The summed E-state index contributed by atoms with van der Waals surface area (Å²) in [5.41, 5.74) is 0.849. The van der Waals surface area contributed by atoms with Crippen molar-refractivity contribution in [3.8, 4) is 0 Å². The zero-order chi connectivity index (χ0) is 13.0. The summed E-state index contributed by atoms with van der Waals surface area (Å²) in [7, 11) is 0. The second kappa shape index (κ2) is 5.76. The van der Waals surface area contributed by atoms with Gasteiger partial charge in [0.15, 0.2) is 0 Å². The van der Waals surface area contributed by atoms with E-state index >= 15 is 0 Å². The first-order valence-electron chi connectivity index (χ1n) is 5.51. The number of hydrogen-bond donors (Lipinski definition) is 3. The first kappa shape index (κ1) is 12.7. The minimum atomic E-state index is -0.958. The van der Waals surface area contributed by atoms with Crippen LogP contribution in [-0.2, 0) is 11.3 Å². The number of aromatic nitrogens is 2. The molecule has 2 heterocycles. The van der Waals surface area contributed by atoms with E-state index < -0.39 is 12.0 Å². The van der Waals surface area contributed by atoms with Gasteiger partial charge >= 0.3 is 12.0 Å². The molecule has 1 fully saturated rings. The van der Waals surface area contributed by atoms with E-state index in [2.05, 4.69) is 15.5 Å². The molecular formula is C10H14N4O3S. The maximum atomic E-state index is 11.9. The maximum absolute atomic E-state index is 11.9. The Bertz CT molecular complexity index is 423. The van der Waals surface area contributed by atoms with Gasteiger partial charge in [-0.3, -0.25) is 5.10 Å². The number of nitrogens with zero attached hydrogens (tertiary/aromatic N) is 2. The number of hydrogen-bond acceptors (Lipinski definition) is 4. The molecule has 1 aromatic rings. The van der Waals surface area contributed by atoms with Crippen molar-refractivity contribution in [2.24, 2.45) is 0 Å². The van der Waals surface area contributed by atoms with E-state index in [-0.39, 0.29) is 6.03 Å². The van der Waals surface area contributed by atoms with Crippen molar-refractivity contribution < 1.29 is 14.7 Å². The quantitative estimate of drug-likeness (QED) is 0.724. The predicted molar refractivity (Wildman–Crippen MR) is 66.3 cm³/mol. The van der Waals surface area contributed by atoms with Crippen LogP contribution in [0.15, 0.2) is 12.4 Å².